The second-order valence-corrected chi connectivity index (χ2v) is 4.24. The summed E-state index contributed by atoms with van der Waals surface area (Å²) < 4.78 is 6.62. The summed E-state index contributed by atoms with van der Waals surface area (Å²) in [6.07, 6.45) is 6.96. The minimum Gasteiger partial charge on any atom is -0.392 e. The third-order valence-corrected chi connectivity index (χ3v) is 3.18. The van der Waals surface area contributed by atoms with Gasteiger partial charge in [-0.05, 0) is 0 Å². The second kappa shape index (κ2) is 5.42. The summed E-state index contributed by atoms with van der Waals surface area (Å²) >= 11 is 0. The number of nitrogens with zero attached hydrogens (tertiary/aromatic N) is 4. The number of aliphatic hydroxyl groups is 2. The van der Waals surface area contributed by atoms with Crippen molar-refractivity contribution < 1.29 is 14.9 Å². The quantitative estimate of drug-likeness (QED) is 0.586. The number of fused-ring (bicyclic) bond motifs is 1. The van der Waals surface area contributed by atoms with Gasteiger partial charge in [-0.2, -0.15) is 0 Å². The monoisotopic (exact) mass is 277 g/mol. The number of rotatable bonds is 5. The second-order valence-electron chi connectivity index (χ2n) is 4.24. The molecule has 2 heterocycles. The number of hydrogen-bond donors (Lipinski definition) is 3. The van der Waals surface area contributed by atoms with E-state index in [4.69, 9.17) is 16.9 Å². The standard InChI is InChI=1S/C12H15N5O3/c1-3-12(5-18,20-2)8(19)4-17-7-16-9-10(13)14-6-15-11(9)17/h1,6-8,18-19H,4-5H2,2H3,(H2,13,14,15)/t8-,12?/m0/s1. The molecule has 8 heteroatoms. The van der Waals surface area contributed by atoms with Crippen molar-refractivity contribution in [2.75, 3.05) is 19.5 Å². The Kier molecular flexibility index (Phi) is 3.85. The average Bonchev–Trinajstić information content (AvgIpc) is 2.86. The molecule has 8 nitrogen and oxygen atoms in total. The third-order valence-electron chi connectivity index (χ3n) is 3.18. The summed E-state index contributed by atoms with van der Waals surface area (Å²) in [6, 6.07) is 0. The first-order chi connectivity index (χ1) is 9.57. The van der Waals surface area contributed by atoms with Crippen LogP contribution in [0, 0.1) is 12.3 Å². The van der Waals surface area contributed by atoms with Crippen molar-refractivity contribution in [3.63, 3.8) is 0 Å². The minimum absolute atomic E-state index is 0.0472. The number of anilines is 1. The summed E-state index contributed by atoms with van der Waals surface area (Å²) in [5.74, 6) is 2.52. The molecule has 2 atom stereocenters. The Balaban J connectivity index is 2.33. The molecule has 0 radical (unpaired) electrons. The van der Waals surface area contributed by atoms with Gasteiger partial charge in [-0.1, -0.05) is 5.92 Å². The number of nitrogen functional groups attached to an aromatic ring is 1. The summed E-state index contributed by atoms with van der Waals surface area (Å²) in [4.78, 5) is 12.0. The lowest BCUT2D eigenvalue weighted by atomic mass is 9.98. The van der Waals surface area contributed by atoms with E-state index < -0.39 is 18.3 Å². The van der Waals surface area contributed by atoms with Crippen molar-refractivity contribution >= 4 is 17.0 Å². The Bertz CT molecular complexity index is 644. The fourth-order valence-corrected chi connectivity index (χ4v) is 1.87. The zero-order chi connectivity index (χ0) is 14.8. The van der Waals surface area contributed by atoms with Crippen LogP contribution in [0.2, 0.25) is 0 Å². The maximum atomic E-state index is 10.2. The van der Waals surface area contributed by atoms with E-state index >= 15 is 0 Å². The van der Waals surface area contributed by atoms with E-state index in [1.807, 2.05) is 0 Å². The minimum atomic E-state index is -1.48. The molecule has 2 aromatic rings. The van der Waals surface area contributed by atoms with Crippen LogP contribution in [-0.4, -0.2) is 55.2 Å². The Morgan fingerprint density at radius 3 is 2.90 bits per heavy atom. The molecule has 0 saturated carbocycles. The Morgan fingerprint density at radius 1 is 1.55 bits per heavy atom. The van der Waals surface area contributed by atoms with Crippen molar-refractivity contribution in [3.05, 3.63) is 12.7 Å². The van der Waals surface area contributed by atoms with E-state index in [9.17, 15) is 10.2 Å². The van der Waals surface area contributed by atoms with Crippen molar-refractivity contribution in [2.45, 2.75) is 18.2 Å². The number of hydrogen-bond acceptors (Lipinski definition) is 7. The number of aliphatic hydroxyl groups excluding tert-OH is 2. The molecule has 0 fully saturated rings. The molecule has 0 spiro atoms. The molecule has 0 aliphatic carbocycles. The molecule has 2 aromatic heterocycles. The van der Waals surface area contributed by atoms with Crippen LogP contribution >= 0.6 is 0 Å². The number of imidazole rings is 1. The SMILES string of the molecule is C#CC(CO)(OC)[C@@H](O)Cn1cnc2c(N)ncnc21. The lowest BCUT2D eigenvalue weighted by molar-refractivity contribution is -0.0947. The maximum Gasteiger partial charge on any atom is 0.178 e. The topological polar surface area (TPSA) is 119 Å². The van der Waals surface area contributed by atoms with Gasteiger partial charge in [0, 0.05) is 7.11 Å². The molecular weight excluding hydrogens is 262 g/mol. The van der Waals surface area contributed by atoms with Crippen LogP contribution in [0.5, 0.6) is 0 Å². The highest BCUT2D eigenvalue weighted by atomic mass is 16.5. The highest BCUT2D eigenvalue weighted by Gasteiger charge is 2.36. The van der Waals surface area contributed by atoms with Crippen LogP contribution in [-0.2, 0) is 11.3 Å². The smallest absolute Gasteiger partial charge is 0.178 e. The Labute approximate surface area is 115 Å². The van der Waals surface area contributed by atoms with Crippen molar-refractivity contribution in [1.29, 1.82) is 0 Å². The molecule has 1 unspecified atom stereocenters. The molecule has 0 amide bonds. The molecule has 2 rings (SSSR count). The number of aromatic nitrogens is 4. The van der Waals surface area contributed by atoms with Crippen LogP contribution in [0.15, 0.2) is 12.7 Å². The van der Waals surface area contributed by atoms with Crippen LogP contribution < -0.4 is 5.73 Å². The van der Waals surface area contributed by atoms with Crippen molar-refractivity contribution in [1.82, 2.24) is 19.5 Å². The summed E-state index contributed by atoms with van der Waals surface area (Å²) in [7, 11) is 1.32. The van der Waals surface area contributed by atoms with E-state index in [1.165, 1.54) is 19.8 Å². The fraction of sp³-hybridized carbons (Fsp3) is 0.417. The van der Waals surface area contributed by atoms with Gasteiger partial charge >= 0.3 is 0 Å². The summed E-state index contributed by atoms with van der Waals surface area (Å²) in [5.41, 5.74) is 5.11. The van der Waals surface area contributed by atoms with Gasteiger partial charge in [0.2, 0.25) is 0 Å². The van der Waals surface area contributed by atoms with E-state index in [-0.39, 0.29) is 12.4 Å². The fourth-order valence-electron chi connectivity index (χ4n) is 1.87. The molecule has 106 valence electrons. The normalized spacial score (nSPS) is 15.7. The van der Waals surface area contributed by atoms with Gasteiger partial charge in [-0.15, -0.1) is 6.42 Å². The lowest BCUT2D eigenvalue weighted by Gasteiger charge is -2.30. The molecule has 4 N–H and O–H groups in total. The highest BCUT2D eigenvalue weighted by Crippen LogP contribution is 2.19. The molecule has 0 aliphatic heterocycles. The van der Waals surface area contributed by atoms with Gasteiger partial charge in [0.25, 0.3) is 0 Å². The number of ether oxygens (including phenoxy) is 1. The summed E-state index contributed by atoms with van der Waals surface area (Å²) in [6.45, 7) is -0.462. The first-order valence-electron chi connectivity index (χ1n) is 5.81. The predicted octanol–water partition coefficient (Wildman–Crippen LogP) is -1.22. The maximum absolute atomic E-state index is 10.2. The summed E-state index contributed by atoms with van der Waals surface area (Å²) in [5, 5.41) is 19.5. The molecule has 0 aromatic carbocycles. The van der Waals surface area contributed by atoms with Crippen LogP contribution in [0.4, 0.5) is 5.82 Å². The van der Waals surface area contributed by atoms with Crippen molar-refractivity contribution in [3.8, 4) is 12.3 Å². The van der Waals surface area contributed by atoms with E-state index in [0.29, 0.717) is 11.2 Å². The number of terminal acetylenes is 1. The largest absolute Gasteiger partial charge is 0.392 e. The van der Waals surface area contributed by atoms with Gasteiger partial charge in [0.1, 0.15) is 17.9 Å². The Morgan fingerprint density at radius 2 is 2.30 bits per heavy atom. The molecule has 0 aliphatic rings. The van der Waals surface area contributed by atoms with E-state index in [0.717, 1.165) is 0 Å². The van der Waals surface area contributed by atoms with Gasteiger partial charge in [-0.25, -0.2) is 15.0 Å². The van der Waals surface area contributed by atoms with Gasteiger partial charge in [0.05, 0.1) is 19.5 Å². The zero-order valence-corrected chi connectivity index (χ0v) is 10.9. The first-order valence-corrected chi connectivity index (χ1v) is 5.81. The Hall–Kier alpha value is -2.21. The highest BCUT2D eigenvalue weighted by molar-refractivity contribution is 5.81. The zero-order valence-electron chi connectivity index (χ0n) is 10.9. The van der Waals surface area contributed by atoms with Crippen molar-refractivity contribution in [2.24, 2.45) is 0 Å². The van der Waals surface area contributed by atoms with Gasteiger partial charge in [-0.3, -0.25) is 0 Å². The van der Waals surface area contributed by atoms with Gasteiger partial charge in [0.15, 0.2) is 17.1 Å². The van der Waals surface area contributed by atoms with E-state index in [2.05, 4.69) is 20.9 Å². The van der Waals surface area contributed by atoms with Crippen LogP contribution in [0.1, 0.15) is 0 Å². The van der Waals surface area contributed by atoms with Crippen LogP contribution in [0.3, 0.4) is 0 Å². The molecule has 0 saturated heterocycles. The molecular formula is C12H15N5O3. The van der Waals surface area contributed by atoms with Gasteiger partial charge < -0.3 is 25.3 Å². The lowest BCUT2D eigenvalue weighted by Crippen LogP contribution is -2.48. The average molecular weight is 277 g/mol. The van der Waals surface area contributed by atoms with E-state index in [1.54, 1.807) is 4.57 Å². The van der Waals surface area contributed by atoms with Crippen LogP contribution in [0.25, 0.3) is 11.2 Å². The third kappa shape index (κ3) is 2.18. The molecule has 20 heavy (non-hydrogen) atoms. The predicted molar refractivity (Wildman–Crippen MR) is 71.4 cm³/mol. The first kappa shape index (κ1) is 14.2. The number of nitrogens with two attached hydrogens (primary N) is 1. The number of methoxy groups -OCH3 is 1. The molecule has 0 bridgehead atoms.